The Morgan fingerprint density at radius 2 is 1.88 bits per heavy atom. The molecule has 0 spiro atoms. The van der Waals surface area contributed by atoms with Gasteiger partial charge in [0.25, 0.3) is 0 Å². The molecule has 3 atom stereocenters. The summed E-state index contributed by atoms with van der Waals surface area (Å²) in [6, 6.07) is 0. The van der Waals surface area contributed by atoms with Gasteiger partial charge in [0.05, 0.1) is 0 Å². The fourth-order valence-electron chi connectivity index (χ4n) is 4.07. The van der Waals surface area contributed by atoms with Gasteiger partial charge in [0, 0.05) is 30.6 Å². The molecule has 2 aliphatic carbocycles. The van der Waals surface area contributed by atoms with Gasteiger partial charge < -0.3 is 10.2 Å². The lowest BCUT2D eigenvalue weighted by atomic mass is 9.62. The van der Waals surface area contributed by atoms with Crippen molar-refractivity contribution >= 4 is 23.3 Å². The van der Waals surface area contributed by atoms with Crippen molar-refractivity contribution in [2.75, 3.05) is 0 Å². The molecule has 0 aromatic heterocycles. The number of allylic oxidation sites excluding steroid dienone is 3. The highest BCUT2D eigenvalue weighted by Gasteiger charge is 2.53. The van der Waals surface area contributed by atoms with E-state index in [0.717, 1.165) is 6.08 Å². The standard InChI is InChI=1S/C19H24O6/c1-11(3-6-16(22)18(24)25)14(20)7-4-12-13-5-8-17(23)19(13,2)10-9-15(12)21/h3,6,12-13,22H,4-5,7-10H2,1-2H3,(H,24,25)/b11-3+,16-6-/t12-,13-,19-/m0/s1. The lowest BCUT2D eigenvalue weighted by Gasteiger charge is -2.39. The monoisotopic (exact) mass is 348 g/mol. The molecule has 2 saturated carbocycles. The highest BCUT2D eigenvalue weighted by molar-refractivity contribution is 5.96. The second-order valence-corrected chi connectivity index (χ2v) is 7.23. The Hall–Kier alpha value is -2.24. The van der Waals surface area contributed by atoms with Crippen LogP contribution in [0.3, 0.4) is 0 Å². The molecule has 0 saturated heterocycles. The fourth-order valence-corrected chi connectivity index (χ4v) is 4.07. The molecule has 6 nitrogen and oxygen atoms in total. The van der Waals surface area contributed by atoms with Crippen LogP contribution < -0.4 is 0 Å². The van der Waals surface area contributed by atoms with Crippen LogP contribution in [0.2, 0.25) is 0 Å². The van der Waals surface area contributed by atoms with Crippen molar-refractivity contribution in [1.29, 1.82) is 0 Å². The van der Waals surface area contributed by atoms with Crippen LogP contribution in [0.4, 0.5) is 0 Å². The van der Waals surface area contributed by atoms with Gasteiger partial charge in [-0.25, -0.2) is 4.79 Å². The Morgan fingerprint density at radius 3 is 2.52 bits per heavy atom. The maximum absolute atomic E-state index is 12.3. The molecule has 0 heterocycles. The van der Waals surface area contributed by atoms with Crippen LogP contribution in [0.5, 0.6) is 0 Å². The largest absolute Gasteiger partial charge is 0.502 e. The van der Waals surface area contributed by atoms with E-state index < -0.39 is 17.1 Å². The summed E-state index contributed by atoms with van der Waals surface area (Å²) in [6.45, 7) is 3.48. The van der Waals surface area contributed by atoms with E-state index in [4.69, 9.17) is 10.2 Å². The number of carbonyl (C=O) groups is 4. The van der Waals surface area contributed by atoms with Gasteiger partial charge in [0.15, 0.2) is 5.78 Å². The van der Waals surface area contributed by atoms with Gasteiger partial charge in [-0.1, -0.05) is 13.0 Å². The van der Waals surface area contributed by atoms with Gasteiger partial charge in [-0.3, -0.25) is 14.4 Å². The molecule has 2 aliphatic rings. The number of carboxylic acids is 1. The number of hydrogen-bond donors (Lipinski definition) is 2. The van der Waals surface area contributed by atoms with E-state index in [2.05, 4.69) is 0 Å². The van der Waals surface area contributed by atoms with Crippen molar-refractivity contribution < 1.29 is 29.4 Å². The maximum atomic E-state index is 12.3. The summed E-state index contributed by atoms with van der Waals surface area (Å²) in [4.78, 5) is 47.2. The number of carbonyl (C=O) groups excluding carboxylic acids is 3. The third kappa shape index (κ3) is 3.89. The minimum absolute atomic E-state index is 0.0225. The van der Waals surface area contributed by atoms with Crippen molar-refractivity contribution in [2.45, 2.75) is 52.4 Å². The Balaban J connectivity index is 2.02. The molecule has 0 unspecified atom stereocenters. The Bertz CT molecular complexity index is 671. The SMILES string of the molecule is C/C(=C\C=C(/O)C(=O)O)C(=O)CC[C@@H]1C(=O)CC[C@]2(C)C(=O)CC[C@@H]12. The lowest BCUT2D eigenvalue weighted by molar-refractivity contribution is -0.137. The first-order valence-electron chi connectivity index (χ1n) is 8.57. The lowest BCUT2D eigenvalue weighted by Crippen LogP contribution is -2.42. The third-order valence-electron chi connectivity index (χ3n) is 5.76. The van der Waals surface area contributed by atoms with E-state index in [1.165, 1.54) is 6.08 Å². The first-order chi connectivity index (χ1) is 11.7. The van der Waals surface area contributed by atoms with Gasteiger partial charge in [-0.2, -0.15) is 0 Å². The first-order valence-corrected chi connectivity index (χ1v) is 8.57. The number of aliphatic hydroxyl groups is 1. The van der Waals surface area contributed by atoms with Crippen LogP contribution in [0.15, 0.2) is 23.5 Å². The Kier molecular flexibility index (Phi) is 5.60. The third-order valence-corrected chi connectivity index (χ3v) is 5.76. The van der Waals surface area contributed by atoms with Crippen LogP contribution in [0, 0.1) is 17.3 Å². The number of Topliss-reactive ketones (excluding diaryl/α,β-unsaturated/α-hetero) is 3. The van der Waals surface area contributed by atoms with Gasteiger partial charge in [0.1, 0.15) is 11.6 Å². The van der Waals surface area contributed by atoms with Crippen LogP contribution in [0.1, 0.15) is 52.4 Å². The van der Waals surface area contributed by atoms with Crippen LogP contribution >= 0.6 is 0 Å². The first kappa shape index (κ1) is 19.1. The van der Waals surface area contributed by atoms with Gasteiger partial charge >= 0.3 is 5.97 Å². The number of aliphatic carboxylic acids is 1. The number of carboxylic acid groups (broad SMARTS) is 1. The molecule has 25 heavy (non-hydrogen) atoms. The van der Waals surface area contributed by atoms with E-state index >= 15 is 0 Å². The summed E-state index contributed by atoms with van der Waals surface area (Å²) in [5, 5.41) is 17.7. The second-order valence-electron chi connectivity index (χ2n) is 7.23. The number of rotatable bonds is 6. The zero-order valence-electron chi connectivity index (χ0n) is 14.6. The van der Waals surface area contributed by atoms with E-state index in [1.807, 2.05) is 6.92 Å². The highest BCUT2D eigenvalue weighted by Crippen LogP contribution is 2.52. The van der Waals surface area contributed by atoms with Gasteiger partial charge in [-0.05, 0) is 43.8 Å². The predicted molar refractivity (Wildman–Crippen MR) is 89.9 cm³/mol. The maximum Gasteiger partial charge on any atom is 0.370 e. The normalized spacial score (nSPS) is 30.3. The minimum Gasteiger partial charge on any atom is -0.502 e. The summed E-state index contributed by atoms with van der Waals surface area (Å²) in [6.07, 6.45) is 5.03. The number of ketones is 3. The van der Waals surface area contributed by atoms with Gasteiger partial charge in [-0.15, -0.1) is 0 Å². The number of fused-ring (bicyclic) bond motifs is 1. The highest BCUT2D eigenvalue weighted by atomic mass is 16.4. The van der Waals surface area contributed by atoms with Crippen molar-refractivity contribution in [3.8, 4) is 0 Å². The van der Waals surface area contributed by atoms with Gasteiger partial charge in [0.2, 0.25) is 5.76 Å². The molecule has 2 rings (SSSR count). The molecular weight excluding hydrogens is 324 g/mol. The molecule has 0 bridgehead atoms. The number of hydrogen-bond acceptors (Lipinski definition) is 5. The van der Waals surface area contributed by atoms with Crippen molar-refractivity contribution in [2.24, 2.45) is 17.3 Å². The minimum atomic E-state index is -1.46. The molecule has 0 amide bonds. The van der Waals surface area contributed by atoms with E-state index in [1.54, 1.807) is 6.92 Å². The van der Waals surface area contributed by atoms with E-state index in [9.17, 15) is 19.2 Å². The van der Waals surface area contributed by atoms with E-state index in [0.29, 0.717) is 37.7 Å². The molecule has 0 aliphatic heterocycles. The molecule has 0 aromatic carbocycles. The molecule has 2 fully saturated rings. The predicted octanol–water partition coefficient (Wildman–Crippen LogP) is 2.77. The number of aliphatic hydroxyl groups excluding tert-OH is 1. The van der Waals surface area contributed by atoms with Crippen LogP contribution in [-0.4, -0.2) is 33.5 Å². The molecular formula is C19H24O6. The van der Waals surface area contributed by atoms with Crippen LogP contribution in [-0.2, 0) is 19.2 Å². The molecule has 2 N–H and O–H groups in total. The van der Waals surface area contributed by atoms with E-state index in [-0.39, 0.29) is 35.6 Å². The average molecular weight is 348 g/mol. The summed E-state index contributed by atoms with van der Waals surface area (Å²) in [5.74, 6) is -2.37. The Labute approximate surface area is 146 Å². The summed E-state index contributed by atoms with van der Waals surface area (Å²) in [5.41, 5.74) is -0.107. The Morgan fingerprint density at radius 1 is 1.20 bits per heavy atom. The molecule has 0 aromatic rings. The zero-order chi connectivity index (χ0) is 18.8. The molecule has 136 valence electrons. The molecule has 6 heteroatoms. The zero-order valence-corrected chi connectivity index (χ0v) is 14.6. The topological polar surface area (TPSA) is 109 Å². The second kappa shape index (κ2) is 7.33. The smallest absolute Gasteiger partial charge is 0.370 e. The van der Waals surface area contributed by atoms with Crippen LogP contribution in [0.25, 0.3) is 0 Å². The average Bonchev–Trinajstić information content (AvgIpc) is 2.87. The van der Waals surface area contributed by atoms with Crippen molar-refractivity contribution in [1.82, 2.24) is 0 Å². The summed E-state index contributed by atoms with van der Waals surface area (Å²) >= 11 is 0. The van der Waals surface area contributed by atoms with Crippen molar-refractivity contribution in [3.05, 3.63) is 23.5 Å². The molecule has 0 radical (unpaired) electrons. The fraction of sp³-hybridized carbons (Fsp3) is 0.579. The summed E-state index contributed by atoms with van der Waals surface area (Å²) in [7, 11) is 0. The summed E-state index contributed by atoms with van der Waals surface area (Å²) < 4.78 is 0. The quantitative estimate of drug-likeness (QED) is 0.434. The van der Waals surface area contributed by atoms with Crippen molar-refractivity contribution in [3.63, 3.8) is 0 Å².